The lowest BCUT2D eigenvalue weighted by atomic mass is 9.89. The van der Waals surface area contributed by atoms with E-state index in [0.29, 0.717) is 6.04 Å². The fraction of sp³-hybridized carbons (Fsp3) is 0.583. The number of anilines is 1. The normalized spacial score (nSPS) is 29.2. The minimum Gasteiger partial charge on any atom is -0.369 e. The monoisotopic (exact) mass is 221 g/mol. The van der Waals surface area contributed by atoms with Gasteiger partial charge in [-0.2, -0.15) is 0 Å². The standard InChI is InChI=1S/C12H16FN3/c13-10-4-11(7-14-6-10)16-3-1-2-9-5-15-12(9)8-16/h4,6-7,9,12,15H,1-3,5,8H2/t9-,12-/m1/s1. The minimum absolute atomic E-state index is 0.250. The van der Waals surface area contributed by atoms with Crippen molar-refractivity contribution in [3.05, 3.63) is 24.3 Å². The van der Waals surface area contributed by atoms with Gasteiger partial charge in [-0.15, -0.1) is 0 Å². The zero-order valence-corrected chi connectivity index (χ0v) is 9.19. The second-order valence-electron chi connectivity index (χ2n) is 4.72. The summed E-state index contributed by atoms with van der Waals surface area (Å²) in [6.45, 7) is 3.15. The lowest BCUT2D eigenvalue weighted by Gasteiger charge is -2.38. The van der Waals surface area contributed by atoms with Crippen molar-refractivity contribution in [2.24, 2.45) is 5.92 Å². The SMILES string of the molecule is Fc1cncc(N2CCC[C@@H]3CN[C@@H]3C2)c1. The highest BCUT2D eigenvalue weighted by atomic mass is 19.1. The second kappa shape index (κ2) is 4.01. The minimum atomic E-state index is -0.250. The summed E-state index contributed by atoms with van der Waals surface area (Å²) in [6, 6.07) is 2.16. The van der Waals surface area contributed by atoms with E-state index in [4.69, 9.17) is 0 Å². The average Bonchev–Trinajstić information content (AvgIpc) is 2.39. The van der Waals surface area contributed by atoms with Crippen LogP contribution in [0.15, 0.2) is 18.5 Å². The van der Waals surface area contributed by atoms with Crippen molar-refractivity contribution in [1.82, 2.24) is 10.3 Å². The number of nitrogens with zero attached hydrogens (tertiary/aromatic N) is 2. The van der Waals surface area contributed by atoms with Crippen molar-refractivity contribution in [3.63, 3.8) is 0 Å². The molecule has 2 aliphatic rings. The number of fused-ring (bicyclic) bond motifs is 1. The lowest BCUT2D eigenvalue weighted by molar-refractivity contribution is 0.234. The first-order valence-corrected chi connectivity index (χ1v) is 5.92. The zero-order chi connectivity index (χ0) is 11.0. The predicted molar refractivity (Wildman–Crippen MR) is 60.9 cm³/mol. The van der Waals surface area contributed by atoms with Gasteiger partial charge in [-0.25, -0.2) is 4.39 Å². The summed E-state index contributed by atoms with van der Waals surface area (Å²) in [4.78, 5) is 6.16. The summed E-state index contributed by atoms with van der Waals surface area (Å²) in [5.74, 6) is 0.575. The topological polar surface area (TPSA) is 28.2 Å². The van der Waals surface area contributed by atoms with Gasteiger partial charge in [0.15, 0.2) is 0 Å². The van der Waals surface area contributed by atoms with E-state index >= 15 is 0 Å². The van der Waals surface area contributed by atoms with Crippen LogP contribution in [0.4, 0.5) is 10.1 Å². The Balaban J connectivity index is 1.78. The van der Waals surface area contributed by atoms with Crippen LogP contribution in [0.2, 0.25) is 0 Å². The molecule has 86 valence electrons. The van der Waals surface area contributed by atoms with Crippen LogP contribution in [-0.4, -0.2) is 30.7 Å². The Kier molecular flexibility index (Phi) is 2.52. The van der Waals surface area contributed by atoms with E-state index in [0.717, 1.165) is 31.2 Å². The Hall–Kier alpha value is -1.16. The largest absolute Gasteiger partial charge is 0.369 e. The van der Waals surface area contributed by atoms with Gasteiger partial charge < -0.3 is 10.2 Å². The molecule has 0 saturated carbocycles. The first-order valence-electron chi connectivity index (χ1n) is 5.92. The van der Waals surface area contributed by atoms with E-state index < -0.39 is 0 Å². The molecule has 4 heteroatoms. The predicted octanol–water partition coefficient (Wildman–Crippen LogP) is 1.41. The Labute approximate surface area is 94.7 Å². The first kappa shape index (κ1) is 10.0. The first-order chi connectivity index (χ1) is 7.83. The van der Waals surface area contributed by atoms with E-state index in [1.54, 1.807) is 12.3 Å². The van der Waals surface area contributed by atoms with Gasteiger partial charge in [0.2, 0.25) is 0 Å². The highest BCUT2D eigenvalue weighted by Crippen LogP contribution is 2.26. The van der Waals surface area contributed by atoms with Gasteiger partial charge in [-0.05, 0) is 25.3 Å². The molecule has 0 aliphatic carbocycles. The van der Waals surface area contributed by atoms with Crippen molar-refractivity contribution < 1.29 is 4.39 Å². The molecule has 2 fully saturated rings. The van der Waals surface area contributed by atoms with Crippen molar-refractivity contribution in [2.45, 2.75) is 18.9 Å². The summed E-state index contributed by atoms with van der Waals surface area (Å²) in [7, 11) is 0. The molecule has 0 bridgehead atoms. The molecular formula is C12H16FN3. The number of nitrogens with one attached hydrogen (secondary N) is 1. The Morgan fingerprint density at radius 3 is 3.12 bits per heavy atom. The fourth-order valence-electron chi connectivity index (χ4n) is 2.65. The molecule has 0 amide bonds. The quantitative estimate of drug-likeness (QED) is 0.777. The fourth-order valence-corrected chi connectivity index (χ4v) is 2.65. The summed E-state index contributed by atoms with van der Waals surface area (Å²) in [6.07, 6.45) is 5.49. The molecule has 1 aromatic rings. The molecule has 0 aromatic carbocycles. The van der Waals surface area contributed by atoms with Crippen LogP contribution in [0.5, 0.6) is 0 Å². The van der Waals surface area contributed by atoms with Gasteiger partial charge in [-0.3, -0.25) is 4.98 Å². The van der Waals surface area contributed by atoms with Crippen LogP contribution >= 0.6 is 0 Å². The van der Waals surface area contributed by atoms with E-state index in [-0.39, 0.29) is 5.82 Å². The number of aromatic nitrogens is 1. The maximum atomic E-state index is 13.1. The molecule has 3 heterocycles. The van der Waals surface area contributed by atoms with Crippen LogP contribution in [0.3, 0.4) is 0 Å². The third-order valence-corrected chi connectivity index (χ3v) is 3.69. The van der Waals surface area contributed by atoms with Crippen LogP contribution in [0.1, 0.15) is 12.8 Å². The Morgan fingerprint density at radius 2 is 2.38 bits per heavy atom. The van der Waals surface area contributed by atoms with Crippen LogP contribution in [-0.2, 0) is 0 Å². The number of hydrogen-bond donors (Lipinski definition) is 1. The molecule has 3 rings (SSSR count). The van der Waals surface area contributed by atoms with Gasteiger partial charge in [0.1, 0.15) is 5.82 Å². The summed E-state index contributed by atoms with van der Waals surface area (Å²) in [5.41, 5.74) is 0.911. The molecular weight excluding hydrogens is 205 g/mol. The zero-order valence-electron chi connectivity index (χ0n) is 9.19. The van der Waals surface area contributed by atoms with Crippen molar-refractivity contribution >= 4 is 5.69 Å². The molecule has 3 nitrogen and oxygen atoms in total. The van der Waals surface area contributed by atoms with Gasteiger partial charge >= 0.3 is 0 Å². The lowest BCUT2D eigenvalue weighted by Crippen LogP contribution is -2.56. The molecule has 0 spiro atoms. The maximum Gasteiger partial charge on any atom is 0.143 e. The molecule has 2 aliphatic heterocycles. The molecule has 2 saturated heterocycles. The van der Waals surface area contributed by atoms with Crippen LogP contribution in [0, 0.1) is 11.7 Å². The third-order valence-electron chi connectivity index (χ3n) is 3.69. The van der Waals surface area contributed by atoms with E-state index in [1.165, 1.54) is 19.0 Å². The van der Waals surface area contributed by atoms with E-state index in [2.05, 4.69) is 15.2 Å². The number of hydrogen-bond acceptors (Lipinski definition) is 3. The number of halogens is 1. The summed E-state index contributed by atoms with van der Waals surface area (Å²) in [5, 5.41) is 3.45. The summed E-state index contributed by atoms with van der Waals surface area (Å²) >= 11 is 0. The second-order valence-corrected chi connectivity index (χ2v) is 4.72. The molecule has 0 radical (unpaired) electrons. The Bertz CT molecular complexity index is 382. The maximum absolute atomic E-state index is 13.1. The van der Waals surface area contributed by atoms with E-state index in [9.17, 15) is 4.39 Å². The summed E-state index contributed by atoms with van der Waals surface area (Å²) < 4.78 is 13.1. The van der Waals surface area contributed by atoms with Gasteiger partial charge in [-0.1, -0.05) is 0 Å². The number of rotatable bonds is 1. The molecule has 16 heavy (non-hydrogen) atoms. The van der Waals surface area contributed by atoms with Crippen molar-refractivity contribution in [1.29, 1.82) is 0 Å². The van der Waals surface area contributed by atoms with Crippen LogP contribution in [0.25, 0.3) is 0 Å². The smallest absolute Gasteiger partial charge is 0.143 e. The van der Waals surface area contributed by atoms with Crippen molar-refractivity contribution in [2.75, 3.05) is 24.5 Å². The Morgan fingerprint density at radius 1 is 1.44 bits per heavy atom. The third kappa shape index (κ3) is 1.78. The van der Waals surface area contributed by atoms with Gasteiger partial charge in [0.05, 0.1) is 18.1 Å². The molecule has 1 aromatic heterocycles. The molecule has 2 atom stereocenters. The van der Waals surface area contributed by atoms with Gasteiger partial charge in [0, 0.05) is 25.2 Å². The average molecular weight is 221 g/mol. The molecule has 0 unspecified atom stereocenters. The van der Waals surface area contributed by atoms with Crippen molar-refractivity contribution in [3.8, 4) is 0 Å². The van der Waals surface area contributed by atoms with Crippen LogP contribution < -0.4 is 10.2 Å². The highest BCUT2D eigenvalue weighted by molar-refractivity contribution is 5.44. The van der Waals surface area contributed by atoms with Gasteiger partial charge in [0.25, 0.3) is 0 Å². The highest BCUT2D eigenvalue weighted by Gasteiger charge is 2.33. The van der Waals surface area contributed by atoms with E-state index in [1.807, 2.05) is 0 Å². The molecule has 1 N–H and O–H groups in total. The number of pyridine rings is 1.